The number of thiazole rings is 1. The van der Waals surface area contributed by atoms with Crippen molar-refractivity contribution in [3.63, 3.8) is 0 Å². The van der Waals surface area contributed by atoms with Gasteiger partial charge in [-0.2, -0.15) is 0 Å². The van der Waals surface area contributed by atoms with Crippen LogP contribution < -0.4 is 10.2 Å². The van der Waals surface area contributed by atoms with Crippen LogP contribution in [-0.4, -0.2) is 43.2 Å². The first kappa shape index (κ1) is 18.7. The number of aromatic nitrogens is 1. The molecule has 146 valence electrons. The quantitative estimate of drug-likeness (QED) is 0.867. The van der Waals surface area contributed by atoms with Crippen molar-refractivity contribution < 1.29 is 9.53 Å². The van der Waals surface area contributed by atoms with Crippen molar-refractivity contribution in [1.29, 1.82) is 0 Å². The summed E-state index contributed by atoms with van der Waals surface area (Å²) in [6.45, 7) is 7.81. The Labute approximate surface area is 165 Å². The maximum atomic E-state index is 12.3. The summed E-state index contributed by atoms with van der Waals surface area (Å²) in [4.78, 5) is 19.6. The maximum Gasteiger partial charge on any atom is 0.220 e. The van der Waals surface area contributed by atoms with Gasteiger partial charge in [0.2, 0.25) is 5.91 Å². The lowest BCUT2D eigenvalue weighted by atomic mass is 9.93. The number of nitrogens with one attached hydrogen (secondary N) is 1. The van der Waals surface area contributed by atoms with Gasteiger partial charge in [-0.15, -0.1) is 0 Å². The van der Waals surface area contributed by atoms with Gasteiger partial charge in [0.25, 0.3) is 0 Å². The predicted octanol–water partition coefficient (Wildman–Crippen LogP) is 3.81. The fourth-order valence-corrected chi connectivity index (χ4v) is 5.41. The molecule has 1 aromatic carbocycles. The summed E-state index contributed by atoms with van der Waals surface area (Å²) in [5.74, 6) is 0.700. The van der Waals surface area contributed by atoms with Crippen molar-refractivity contribution in [1.82, 2.24) is 10.3 Å². The number of rotatable bonds is 4. The number of benzene rings is 1. The molecule has 4 rings (SSSR count). The fraction of sp³-hybridized carbons (Fsp3) is 0.619. The molecule has 0 radical (unpaired) electrons. The summed E-state index contributed by atoms with van der Waals surface area (Å²) < 4.78 is 6.64. The molecule has 0 atom stereocenters. The molecule has 27 heavy (non-hydrogen) atoms. The second kappa shape index (κ2) is 8.15. The van der Waals surface area contributed by atoms with Gasteiger partial charge in [-0.3, -0.25) is 4.79 Å². The van der Waals surface area contributed by atoms with Crippen LogP contribution in [0.3, 0.4) is 0 Å². The third kappa shape index (κ3) is 4.43. The van der Waals surface area contributed by atoms with E-state index in [0.717, 1.165) is 62.6 Å². The lowest BCUT2D eigenvalue weighted by molar-refractivity contribution is -0.123. The summed E-state index contributed by atoms with van der Waals surface area (Å²) >= 11 is 1.79. The monoisotopic (exact) mass is 387 g/mol. The first-order valence-corrected chi connectivity index (χ1v) is 10.9. The van der Waals surface area contributed by atoms with E-state index in [4.69, 9.17) is 9.72 Å². The molecule has 3 heterocycles. The van der Waals surface area contributed by atoms with Crippen LogP contribution in [0.5, 0.6) is 0 Å². The average molecular weight is 388 g/mol. The molecular weight excluding hydrogens is 358 g/mol. The Kier molecular flexibility index (Phi) is 5.64. The summed E-state index contributed by atoms with van der Waals surface area (Å²) in [5.41, 5.74) is 3.69. The van der Waals surface area contributed by atoms with Crippen LogP contribution >= 0.6 is 11.3 Å². The topological polar surface area (TPSA) is 54.5 Å². The molecule has 1 aromatic heterocycles. The number of nitrogens with zero attached hydrogens (tertiary/aromatic N) is 2. The molecule has 0 bridgehead atoms. The zero-order valence-corrected chi connectivity index (χ0v) is 17.1. The number of aryl methyl sites for hydroxylation is 2. The molecule has 6 heteroatoms. The van der Waals surface area contributed by atoms with E-state index in [-0.39, 0.29) is 5.91 Å². The molecule has 2 aliphatic rings. The minimum Gasteiger partial charge on any atom is -0.381 e. The molecule has 0 aliphatic carbocycles. The van der Waals surface area contributed by atoms with Gasteiger partial charge in [-0.25, -0.2) is 4.98 Å². The number of carbonyl (C=O) groups excluding carboxylic acids is 1. The summed E-state index contributed by atoms with van der Waals surface area (Å²) in [7, 11) is 0. The zero-order chi connectivity index (χ0) is 18.8. The lowest BCUT2D eigenvalue weighted by Crippen LogP contribution is -2.41. The van der Waals surface area contributed by atoms with Crippen molar-refractivity contribution in [3.8, 4) is 0 Å². The molecule has 2 saturated heterocycles. The Balaban J connectivity index is 1.31. The number of anilines is 1. The third-order valence-electron chi connectivity index (χ3n) is 5.76. The van der Waals surface area contributed by atoms with Crippen LogP contribution in [0.15, 0.2) is 12.1 Å². The molecule has 2 fully saturated rings. The fourth-order valence-electron chi connectivity index (χ4n) is 4.21. The first-order valence-electron chi connectivity index (χ1n) is 10.1. The van der Waals surface area contributed by atoms with E-state index < -0.39 is 0 Å². The van der Waals surface area contributed by atoms with Crippen LogP contribution in [0.2, 0.25) is 0 Å². The number of amides is 1. The highest BCUT2D eigenvalue weighted by molar-refractivity contribution is 7.22. The Hall–Kier alpha value is -1.66. The number of piperidine rings is 1. The van der Waals surface area contributed by atoms with Gasteiger partial charge in [-0.1, -0.05) is 17.4 Å². The molecule has 0 unspecified atom stereocenters. The van der Waals surface area contributed by atoms with E-state index >= 15 is 0 Å². The smallest absolute Gasteiger partial charge is 0.220 e. The number of ether oxygens (including phenoxy) is 1. The lowest BCUT2D eigenvalue weighted by Gasteiger charge is -2.32. The Morgan fingerprint density at radius 1 is 1.22 bits per heavy atom. The Morgan fingerprint density at radius 3 is 2.70 bits per heavy atom. The summed E-state index contributed by atoms with van der Waals surface area (Å²) in [6, 6.07) is 4.74. The van der Waals surface area contributed by atoms with Crippen LogP contribution in [-0.2, 0) is 9.53 Å². The number of carbonyl (C=O) groups is 1. The van der Waals surface area contributed by atoms with E-state index in [2.05, 4.69) is 36.2 Å². The van der Waals surface area contributed by atoms with Gasteiger partial charge in [0, 0.05) is 38.8 Å². The normalized spacial score (nSPS) is 19.6. The van der Waals surface area contributed by atoms with Crippen molar-refractivity contribution in [2.75, 3.05) is 31.2 Å². The van der Waals surface area contributed by atoms with Crippen LogP contribution in [0, 0.1) is 19.8 Å². The number of hydrogen-bond donors (Lipinski definition) is 1. The van der Waals surface area contributed by atoms with Crippen LogP contribution in [0.4, 0.5) is 5.13 Å². The van der Waals surface area contributed by atoms with Crippen molar-refractivity contribution in [2.24, 2.45) is 5.92 Å². The molecule has 2 aromatic rings. The van der Waals surface area contributed by atoms with Crippen molar-refractivity contribution in [3.05, 3.63) is 23.3 Å². The average Bonchev–Trinajstić information content (AvgIpc) is 3.07. The highest BCUT2D eigenvalue weighted by atomic mass is 32.1. The van der Waals surface area contributed by atoms with Gasteiger partial charge in [0.1, 0.15) is 0 Å². The van der Waals surface area contributed by atoms with E-state index in [9.17, 15) is 4.79 Å². The first-order chi connectivity index (χ1) is 13.1. The molecule has 1 amide bonds. The Bertz CT molecular complexity index is 805. The van der Waals surface area contributed by atoms with Gasteiger partial charge < -0.3 is 15.0 Å². The number of hydrogen-bond acceptors (Lipinski definition) is 5. The predicted molar refractivity (Wildman–Crippen MR) is 111 cm³/mol. The van der Waals surface area contributed by atoms with Gasteiger partial charge in [0.05, 0.1) is 10.2 Å². The third-order valence-corrected chi connectivity index (χ3v) is 6.83. The van der Waals surface area contributed by atoms with Crippen molar-refractivity contribution >= 4 is 32.6 Å². The minimum absolute atomic E-state index is 0.214. The van der Waals surface area contributed by atoms with E-state index in [1.165, 1.54) is 15.8 Å². The van der Waals surface area contributed by atoms with E-state index in [0.29, 0.717) is 18.4 Å². The van der Waals surface area contributed by atoms with Gasteiger partial charge in [-0.05, 0) is 62.6 Å². The van der Waals surface area contributed by atoms with Crippen LogP contribution in [0.1, 0.15) is 43.2 Å². The number of fused-ring (bicyclic) bond motifs is 1. The molecule has 0 saturated carbocycles. The standard InChI is InChI=1S/C21H29N3O2S/c1-14-11-15(2)20-18(12-14)27-21(23-20)24-7-3-16(4-8-24)13-19(25)22-17-5-9-26-10-6-17/h11-12,16-17H,3-10,13H2,1-2H3,(H,22,25). The Morgan fingerprint density at radius 2 is 1.96 bits per heavy atom. The molecule has 2 aliphatic heterocycles. The highest BCUT2D eigenvalue weighted by Crippen LogP contribution is 2.34. The molecule has 5 nitrogen and oxygen atoms in total. The maximum absolute atomic E-state index is 12.3. The summed E-state index contributed by atoms with van der Waals surface area (Å²) in [6.07, 6.45) is 4.68. The largest absolute Gasteiger partial charge is 0.381 e. The SMILES string of the molecule is Cc1cc(C)c2nc(N3CCC(CC(=O)NC4CCOCC4)CC3)sc2c1. The second-order valence-corrected chi connectivity index (χ2v) is 9.02. The van der Waals surface area contributed by atoms with E-state index in [1.807, 2.05) is 0 Å². The van der Waals surface area contributed by atoms with Crippen molar-refractivity contribution in [2.45, 2.75) is 52.0 Å². The molecular formula is C21H29N3O2S. The minimum atomic E-state index is 0.214. The van der Waals surface area contributed by atoms with Gasteiger partial charge in [0.15, 0.2) is 5.13 Å². The summed E-state index contributed by atoms with van der Waals surface area (Å²) in [5, 5.41) is 4.32. The van der Waals surface area contributed by atoms with Crippen LogP contribution in [0.25, 0.3) is 10.2 Å². The second-order valence-electron chi connectivity index (χ2n) is 8.01. The molecule has 0 spiro atoms. The zero-order valence-electron chi connectivity index (χ0n) is 16.3. The van der Waals surface area contributed by atoms with E-state index in [1.54, 1.807) is 11.3 Å². The highest BCUT2D eigenvalue weighted by Gasteiger charge is 2.25. The molecule has 1 N–H and O–H groups in total. The van der Waals surface area contributed by atoms with Gasteiger partial charge >= 0.3 is 0 Å².